The van der Waals surface area contributed by atoms with E-state index in [1.54, 1.807) is 16.9 Å². The van der Waals surface area contributed by atoms with Crippen molar-refractivity contribution < 1.29 is 9.59 Å². The number of carbonyl (C=O) groups is 2. The molecule has 0 unspecified atom stereocenters. The Balaban J connectivity index is 1.98. The predicted molar refractivity (Wildman–Crippen MR) is 71.7 cm³/mol. The van der Waals surface area contributed by atoms with Gasteiger partial charge in [-0.15, -0.1) is 0 Å². The maximum atomic E-state index is 11.5. The number of nitrogens with zero attached hydrogens (tertiary/aromatic N) is 2. The standard InChI is InChI=1S/C12H8ClN3O2S/c1-16-5-6(4-14-16)19-10-3-9-7(2-8(10)13)11(17)12(18)15-9/h2-5H,1H3,(H,15,17,18). The molecule has 0 saturated carbocycles. The lowest BCUT2D eigenvalue weighted by Crippen LogP contribution is -2.12. The van der Waals surface area contributed by atoms with Crippen LogP contribution in [0.2, 0.25) is 5.02 Å². The number of rotatable bonds is 2. The van der Waals surface area contributed by atoms with E-state index < -0.39 is 11.7 Å². The zero-order valence-electron chi connectivity index (χ0n) is 9.81. The molecule has 2 aromatic rings. The van der Waals surface area contributed by atoms with Crippen LogP contribution < -0.4 is 5.32 Å². The Morgan fingerprint density at radius 2 is 2.16 bits per heavy atom. The van der Waals surface area contributed by atoms with E-state index in [4.69, 9.17) is 11.6 Å². The molecular weight excluding hydrogens is 286 g/mol. The predicted octanol–water partition coefficient (Wildman–Crippen LogP) is 2.36. The zero-order valence-corrected chi connectivity index (χ0v) is 11.4. The first-order chi connectivity index (χ1) is 9.04. The van der Waals surface area contributed by atoms with Crippen LogP contribution in [0, 0.1) is 0 Å². The highest BCUT2D eigenvalue weighted by Crippen LogP contribution is 2.38. The van der Waals surface area contributed by atoms with Crippen LogP contribution in [0.3, 0.4) is 0 Å². The van der Waals surface area contributed by atoms with Gasteiger partial charge in [0.15, 0.2) is 0 Å². The average molecular weight is 294 g/mol. The van der Waals surface area contributed by atoms with Gasteiger partial charge in [0, 0.05) is 18.1 Å². The van der Waals surface area contributed by atoms with Crippen LogP contribution in [-0.4, -0.2) is 21.5 Å². The van der Waals surface area contributed by atoms with E-state index in [1.165, 1.54) is 17.8 Å². The molecule has 0 aliphatic carbocycles. The van der Waals surface area contributed by atoms with E-state index in [1.807, 2.05) is 13.2 Å². The second-order valence-electron chi connectivity index (χ2n) is 4.06. The fraction of sp³-hybridized carbons (Fsp3) is 0.0833. The Bertz CT molecular complexity index is 711. The fourth-order valence-corrected chi connectivity index (χ4v) is 2.97. The Kier molecular flexibility index (Phi) is 2.83. The van der Waals surface area contributed by atoms with Crippen molar-refractivity contribution in [3.63, 3.8) is 0 Å². The van der Waals surface area contributed by atoms with E-state index in [9.17, 15) is 9.59 Å². The highest BCUT2D eigenvalue weighted by molar-refractivity contribution is 7.99. The molecule has 0 saturated heterocycles. The summed E-state index contributed by atoms with van der Waals surface area (Å²) in [6.07, 6.45) is 3.58. The molecule has 5 nitrogen and oxygen atoms in total. The molecule has 19 heavy (non-hydrogen) atoms. The SMILES string of the molecule is Cn1cc(Sc2cc3c(cc2Cl)C(=O)C(=O)N3)cn1. The number of hydrogen-bond acceptors (Lipinski definition) is 4. The van der Waals surface area contributed by atoms with Gasteiger partial charge < -0.3 is 5.32 Å². The summed E-state index contributed by atoms with van der Waals surface area (Å²) in [6.45, 7) is 0. The number of Topliss-reactive ketones (excluding diaryl/α,β-unsaturated/α-hetero) is 1. The van der Waals surface area contributed by atoms with Crippen LogP contribution >= 0.6 is 23.4 Å². The van der Waals surface area contributed by atoms with Crippen molar-refractivity contribution in [2.45, 2.75) is 9.79 Å². The molecule has 0 atom stereocenters. The van der Waals surface area contributed by atoms with Gasteiger partial charge >= 0.3 is 0 Å². The summed E-state index contributed by atoms with van der Waals surface area (Å²) in [6, 6.07) is 3.23. The lowest BCUT2D eigenvalue weighted by molar-refractivity contribution is -0.112. The molecule has 3 rings (SSSR count). The first-order valence-corrected chi connectivity index (χ1v) is 6.60. The van der Waals surface area contributed by atoms with Crippen molar-refractivity contribution in [2.75, 3.05) is 5.32 Å². The van der Waals surface area contributed by atoms with Crippen molar-refractivity contribution >= 4 is 40.7 Å². The third-order valence-corrected chi connectivity index (χ3v) is 4.11. The topological polar surface area (TPSA) is 64.0 Å². The van der Waals surface area contributed by atoms with Crippen molar-refractivity contribution in [1.29, 1.82) is 0 Å². The van der Waals surface area contributed by atoms with E-state index in [-0.39, 0.29) is 0 Å². The van der Waals surface area contributed by atoms with Crippen LogP contribution in [0.15, 0.2) is 34.3 Å². The third kappa shape index (κ3) is 2.13. The summed E-state index contributed by atoms with van der Waals surface area (Å²) in [5.41, 5.74) is 0.830. The van der Waals surface area contributed by atoms with Gasteiger partial charge in [-0.1, -0.05) is 23.4 Å². The van der Waals surface area contributed by atoms with Crippen LogP contribution in [-0.2, 0) is 11.8 Å². The lowest BCUT2D eigenvalue weighted by Gasteiger charge is -2.05. The number of anilines is 1. The minimum absolute atomic E-state index is 0.325. The second kappa shape index (κ2) is 4.40. The number of benzene rings is 1. The molecule has 0 spiro atoms. The van der Waals surface area contributed by atoms with Crippen LogP contribution in [0.5, 0.6) is 0 Å². The Hall–Kier alpha value is -1.79. The number of fused-ring (bicyclic) bond motifs is 1. The first kappa shape index (κ1) is 12.3. The van der Waals surface area contributed by atoms with Crippen molar-refractivity contribution in [2.24, 2.45) is 7.05 Å². The molecule has 0 radical (unpaired) electrons. The lowest BCUT2D eigenvalue weighted by atomic mass is 10.1. The molecule has 7 heteroatoms. The molecule has 1 aliphatic rings. The Morgan fingerprint density at radius 1 is 1.37 bits per heavy atom. The molecule has 1 aromatic heterocycles. The number of aromatic nitrogens is 2. The van der Waals surface area contributed by atoms with E-state index >= 15 is 0 Å². The Morgan fingerprint density at radius 3 is 2.84 bits per heavy atom. The second-order valence-corrected chi connectivity index (χ2v) is 5.59. The first-order valence-electron chi connectivity index (χ1n) is 5.40. The van der Waals surface area contributed by atoms with Crippen molar-refractivity contribution in [3.05, 3.63) is 35.1 Å². The number of hydrogen-bond donors (Lipinski definition) is 1. The van der Waals surface area contributed by atoms with Gasteiger partial charge in [-0.25, -0.2) is 0 Å². The van der Waals surface area contributed by atoms with Gasteiger partial charge in [0.2, 0.25) is 0 Å². The molecule has 1 amide bonds. The minimum atomic E-state index is -0.616. The summed E-state index contributed by atoms with van der Waals surface area (Å²) in [4.78, 5) is 24.5. The van der Waals surface area contributed by atoms with Crippen molar-refractivity contribution in [1.82, 2.24) is 9.78 Å². The molecule has 0 bridgehead atoms. The number of amides is 1. The van der Waals surface area contributed by atoms with E-state index in [0.29, 0.717) is 16.3 Å². The van der Waals surface area contributed by atoms with Crippen LogP contribution in [0.25, 0.3) is 0 Å². The molecule has 1 aromatic carbocycles. The van der Waals surface area contributed by atoms with Gasteiger partial charge in [0.05, 0.1) is 27.4 Å². The molecular formula is C12H8ClN3O2S. The smallest absolute Gasteiger partial charge is 0.296 e. The normalized spacial score (nSPS) is 13.6. The zero-order chi connectivity index (χ0) is 13.6. The number of carbonyl (C=O) groups excluding carboxylic acids is 2. The summed E-state index contributed by atoms with van der Waals surface area (Å²) >= 11 is 7.56. The molecule has 2 heterocycles. The van der Waals surface area contributed by atoms with Gasteiger partial charge in [0.1, 0.15) is 0 Å². The molecule has 1 aliphatic heterocycles. The summed E-state index contributed by atoms with van der Waals surface area (Å²) in [5, 5.41) is 7.03. The van der Waals surface area contributed by atoms with E-state index in [0.717, 1.165) is 9.79 Å². The number of ketones is 1. The van der Waals surface area contributed by atoms with Crippen LogP contribution in [0.4, 0.5) is 5.69 Å². The van der Waals surface area contributed by atoms with Gasteiger partial charge in [-0.3, -0.25) is 14.3 Å². The molecule has 96 valence electrons. The van der Waals surface area contributed by atoms with Crippen molar-refractivity contribution in [3.8, 4) is 0 Å². The summed E-state index contributed by atoms with van der Waals surface area (Å²) < 4.78 is 1.69. The minimum Gasteiger partial charge on any atom is -0.318 e. The highest BCUT2D eigenvalue weighted by Gasteiger charge is 2.29. The summed E-state index contributed by atoms with van der Waals surface area (Å²) in [5.74, 6) is -1.16. The highest BCUT2D eigenvalue weighted by atomic mass is 35.5. The molecule has 1 N–H and O–H groups in total. The maximum absolute atomic E-state index is 11.5. The Labute approximate surface area is 117 Å². The average Bonchev–Trinajstić information content (AvgIpc) is 2.87. The maximum Gasteiger partial charge on any atom is 0.296 e. The van der Waals surface area contributed by atoms with E-state index in [2.05, 4.69) is 10.4 Å². The van der Waals surface area contributed by atoms with Gasteiger partial charge in [-0.05, 0) is 12.1 Å². The summed E-state index contributed by atoms with van der Waals surface area (Å²) in [7, 11) is 1.83. The number of nitrogens with one attached hydrogen (secondary N) is 1. The van der Waals surface area contributed by atoms with Gasteiger partial charge in [0.25, 0.3) is 11.7 Å². The third-order valence-electron chi connectivity index (χ3n) is 2.68. The largest absolute Gasteiger partial charge is 0.318 e. The van der Waals surface area contributed by atoms with Gasteiger partial charge in [-0.2, -0.15) is 5.10 Å². The number of aryl methyl sites for hydroxylation is 1. The fourth-order valence-electron chi connectivity index (χ4n) is 1.80. The monoisotopic (exact) mass is 293 g/mol. The number of halogens is 1. The van der Waals surface area contributed by atoms with Crippen LogP contribution in [0.1, 0.15) is 10.4 Å². The molecule has 0 fully saturated rings. The quantitative estimate of drug-likeness (QED) is 0.863.